The highest BCUT2D eigenvalue weighted by Crippen LogP contribution is 2.29. The van der Waals surface area contributed by atoms with Crippen molar-refractivity contribution in [3.8, 4) is 0 Å². The van der Waals surface area contributed by atoms with Crippen molar-refractivity contribution < 1.29 is 19.4 Å². The Morgan fingerprint density at radius 1 is 1.30 bits per heavy atom. The number of ether oxygens (including phenoxy) is 1. The van der Waals surface area contributed by atoms with Crippen molar-refractivity contribution in [2.45, 2.75) is 51.6 Å². The average molecular weight is 283 g/mol. The van der Waals surface area contributed by atoms with Crippen LogP contribution in [-0.4, -0.2) is 47.7 Å². The summed E-state index contributed by atoms with van der Waals surface area (Å²) < 4.78 is 5.63. The van der Waals surface area contributed by atoms with Crippen molar-refractivity contribution >= 4 is 11.9 Å². The Balaban J connectivity index is 1.74. The minimum absolute atomic E-state index is 0.0608. The Morgan fingerprint density at radius 3 is 2.70 bits per heavy atom. The van der Waals surface area contributed by atoms with Gasteiger partial charge in [0.25, 0.3) is 5.91 Å². The van der Waals surface area contributed by atoms with Crippen LogP contribution in [0.1, 0.15) is 45.4 Å². The van der Waals surface area contributed by atoms with Gasteiger partial charge in [0, 0.05) is 19.5 Å². The number of amides is 1. The first-order valence-electron chi connectivity index (χ1n) is 7.68. The molecule has 1 amide bonds. The summed E-state index contributed by atoms with van der Waals surface area (Å²) in [4.78, 5) is 24.8. The maximum Gasteiger partial charge on any atom is 0.303 e. The molecule has 5 heteroatoms. The first-order valence-corrected chi connectivity index (χ1v) is 7.68. The van der Waals surface area contributed by atoms with Gasteiger partial charge in [-0.15, -0.1) is 0 Å². The summed E-state index contributed by atoms with van der Waals surface area (Å²) in [5, 5.41) is 8.73. The highest BCUT2D eigenvalue weighted by atomic mass is 16.5. The fraction of sp³-hybridized carbons (Fsp3) is 0.867. The molecule has 114 valence electrons. The number of rotatable bonds is 7. The van der Waals surface area contributed by atoms with Crippen LogP contribution in [0.3, 0.4) is 0 Å². The second-order valence-electron chi connectivity index (χ2n) is 6.14. The van der Waals surface area contributed by atoms with Gasteiger partial charge in [-0.05, 0) is 50.9 Å². The summed E-state index contributed by atoms with van der Waals surface area (Å²) in [5.74, 6) is 0.287. The van der Waals surface area contributed by atoms with Crippen LogP contribution in [0.4, 0.5) is 0 Å². The number of carbonyl (C=O) groups excluding carboxylic acids is 1. The lowest BCUT2D eigenvalue weighted by molar-refractivity contribution is -0.144. The Bertz CT molecular complexity index is 354. The van der Waals surface area contributed by atoms with Crippen LogP contribution in [0.2, 0.25) is 0 Å². The summed E-state index contributed by atoms with van der Waals surface area (Å²) in [6.07, 6.45) is 4.93. The number of aliphatic carboxylic acids is 1. The van der Waals surface area contributed by atoms with E-state index in [0.717, 1.165) is 19.4 Å². The van der Waals surface area contributed by atoms with Gasteiger partial charge in [0.1, 0.15) is 6.10 Å². The normalized spacial score (nSPS) is 24.4. The zero-order valence-electron chi connectivity index (χ0n) is 12.2. The summed E-state index contributed by atoms with van der Waals surface area (Å²) >= 11 is 0. The van der Waals surface area contributed by atoms with Crippen molar-refractivity contribution in [2.24, 2.45) is 11.8 Å². The Labute approximate surface area is 120 Å². The Morgan fingerprint density at radius 2 is 2.05 bits per heavy atom. The average Bonchev–Trinajstić information content (AvgIpc) is 3.26. The third-order valence-corrected chi connectivity index (χ3v) is 4.22. The van der Waals surface area contributed by atoms with E-state index in [-0.39, 0.29) is 18.4 Å². The SMILES string of the molecule is C[C@H](OCC1CC1)C(=O)N1CCC[C@H](CCC(=O)O)C1. The van der Waals surface area contributed by atoms with Crippen LogP contribution in [-0.2, 0) is 14.3 Å². The number of piperidine rings is 1. The van der Waals surface area contributed by atoms with Crippen molar-refractivity contribution in [1.82, 2.24) is 4.90 Å². The Hall–Kier alpha value is -1.10. The van der Waals surface area contributed by atoms with E-state index in [1.54, 1.807) is 0 Å². The fourth-order valence-electron chi connectivity index (χ4n) is 2.72. The molecule has 1 heterocycles. The predicted octanol–water partition coefficient (Wildman–Crippen LogP) is 1.90. The minimum atomic E-state index is -0.755. The van der Waals surface area contributed by atoms with Crippen molar-refractivity contribution in [2.75, 3.05) is 19.7 Å². The van der Waals surface area contributed by atoms with Crippen LogP contribution in [0.15, 0.2) is 0 Å². The number of carboxylic acid groups (broad SMARTS) is 1. The van der Waals surface area contributed by atoms with E-state index >= 15 is 0 Å². The number of nitrogens with zero attached hydrogens (tertiary/aromatic N) is 1. The van der Waals surface area contributed by atoms with E-state index in [9.17, 15) is 9.59 Å². The lowest BCUT2D eigenvalue weighted by Crippen LogP contribution is -2.45. The smallest absolute Gasteiger partial charge is 0.303 e. The molecule has 1 saturated heterocycles. The van der Waals surface area contributed by atoms with Gasteiger partial charge >= 0.3 is 5.97 Å². The van der Waals surface area contributed by atoms with Gasteiger partial charge < -0.3 is 14.7 Å². The van der Waals surface area contributed by atoms with Crippen LogP contribution in [0, 0.1) is 11.8 Å². The van der Waals surface area contributed by atoms with Gasteiger partial charge in [0.2, 0.25) is 0 Å². The van der Waals surface area contributed by atoms with Crippen molar-refractivity contribution in [3.63, 3.8) is 0 Å². The molecule has 2 fully saturated rings. The number of carboxylic acids is 1. The van der Waals surface area contributed by atoms with E-state index in [0.29, 0.717) is 31.4 Å². The molecule has 5 nitrogen and oxygen atoms in total. The largest absolute Gasteiger partial charge is 0.481 e. The predicted molar refractivity (Wildman–Crippen MR) is 74.3 cm³/mol. The summed E-state index contributed by atoms with van der Waals surface area (Å²) in [7, 11) is 0. The minimum Gasteiger partial charge on any atom is -0.481 e. The van der Waals surface area contributed by atoms with Gasteiger partial charge in [0.15, 0.2) is 0 Å². The molecule has 2 rings (SSSR count). The fourth-order valence-corrected chi connectivity index (χ4v) is 2.72. The summed E-state index contributed by atoms with van der Waals surface area (Å²) in [5.41, 5.74) is 0. The molecular weight excluding hydrogens is 258 g/mol. The number of likely N-dealkylation sites (tertiary alicyclic amines) is 1. The molecule has 1 aliphatic carbocycles. The van der Waals surface area contributed by atoms with Crippen LogP contribution in [0.5, 0.6) is 0 Å². The molecule has 1 saturated carbocycles. The number of hydrogen-bond acceptors (Lipinski definition) is 3. The first kappa shape index (κ1) is 15.3. The maximum absolute atomic E-state index is 12.3. The zero-order chi connectivity index (χ0) is 14.5. The summed E-state index contributed by atoms with van der Waals surface area (Å²) in [6.45, 7) is 3.98. The molecule has 0 aromatic rings. The summed E-state index contributed by atoms with van der Waals surface area (Å²) in [6, 6.07) is 0. The van der Waals surface area contributed by atoms with E-state index in [2.05, 4.69) is 0 Å². The topological polar surface area (TPSA) is 66.8 Å². The molecule has 2 aliphatic rings. The zero-order valence-corrected chi connectivity index (χ0v) is 12.2. The van der Waals surface area contributed by atoms with Gasteiger partial charge in [0.05, 0.1) is 6.61 Å². The van der Waals surface area contributed by atoms with E-state index < -0.39 is 5.97 Å². The molecule has 0 unspecified atom stereocenters. The second-order valence-corrected chi connectivity index (χ2v) is 6.14. The third-order valence-electron chi connectivity index (χ3n) is 4.22. The van der Waals surface area contributed by atoms with Crippen molar-refractivity contribution in [3.05, 3.63) is 0 Å². The second kappa shape index (κ2) is 7.07. The van der Waals surface area contributed by atoms with E-state index in [4.69, 9.17) is 9.84 Å². The van der Waals surface area contributed by atoms with Crippen LogP contribution in [0.25, 0.3) is 0 Å². The Kier molecular flexibility index (Phi) is 5.40. The quantitative estimate of drug-likeness (QED) is 0.775. The van der Waals surface area contributed by atoms with Crippen LogP contribution >= 0.6 is 0 Å². The van der Waals surface area contributed by atoms with Crippen LogP contribution < -0.4 is 0 Å². The molecule has 0 radical (unpaired) electrons. The molecule has 20 heavy (non-hydrogen) atoms. The highest BCUT2D eigenvalue weighted by molar-refractivity contribution is 5.80. The monoisotopic (exact) mass is 283 g/mol. The molecule has 0 bridgehead atoms. The van der Waals surface area contributed by atoms with Gasteiger partial charge in [-0.1, -0.05) is 0 Å². The van der Waals surface area contributed by atoms with Gasteiger partial charge in [-0.3, -0.25) is 9.59 Å². The number of hydrogen-bond donors (Lipinski definition) is 1. The lowest BCUT2D eigenvalue weighted by Gasteiger charge is -2.34. The standard InChI is InChI=1S/C15H25NO4/c1-11(20-10-13-4-5-13)15(19)16-8-2-3-12(9-16)6-7-14(17)18/h11-13H,2-10H2,1H3,(H,17,18)/t11-,12+/m0/s1. The van der Waals surface area contributed by atoms with E-state index in [1.165, 1.54) is 12.8 Å². The third kappa shape index (κ3) is 4.78. The molecule has 1 aliphatic heterocycles. The van der Waals surface area contributed by atoms with Gasteiger partial charge in [-0.25, -0.2) is 0 Å². The molecule has 0 aromatic carbocycles. The molecule has 1 N–H and O–H groups in total. The van der Waals surface area contributed by atoms with Crippen molar-refractivity contribution in [1.29, 1.82) is 0 Å². The maximum atomic E-state index is 12.3. The highest BCUT2D eigenvalue weighted by Gasteiger charge is 2.29. The molecular formula is C15H25NO4. The number of carbonyl (C=O) groups is 2. The molecule has 0 spiro atoms. The van der Waals surface area contributed by atoms with Gasteiger partial charge in [-0.2, -0.15) is 0 Å². The van der Waals surface area contributed by atoms with E-state index in [1.807, 2.05) is 11.8 Å². The first-order chi connectivity index (χ1) is 9.56. The lowest BCUT2D eigenvalue weighted by atomic mass is 9.93. The molecule has 2 atom stereocenters. The molecule has 0 aromatic heterocycles.